The van der Waals surface area contributed by atoms with Gasteiger partial charge in [-0.3, -0.25) is 33.8 Å². The summed E-state index contributed by atoms with van der Waals surface area (Å²) in [4.78, 5) is 80.8. The van der Waals surface area contributed by atoms with Crippen LogP contribution in [-0.4, -0.2) is 78.5 Å². The summed E-state index contributed by atoms with van der Waals surface area (Å²) in [5, 5.41) is 12.9. The number of hydrogen-bond donors (Lipinski definition) is 7. The van der Waals surface area contributed by atoms with Gasteiger partial charge in [0.15, 0.2) is 5.96 Å². The molecule has 1 fully saturated rings. The SMILES string of the molecule is CCCCC[C@@H]1NC(=O)[C@H](CC(C)=O)NC(=O)CNC(=O)[C@H](CCCN=C(N)N)NC(=O)[C@@H](C(C)C)NC1=O. The molecule has 9 N–H and O–H groups in total. The predicted octanol–water partition coefficient (Wildman–Crippen LogP) is -1.68. The summed E-state index contributed by atoms with van der Waals surface area (Å²) in [5.41, 5.74) is 10.7. The van der Waals surface area contributed by atoms with Crippen LogP contribution in [0.1, 0.15) is 72.6 Å². The molecule has 39 heavy (non-hydrogen) atoms. The molecule has 0 bridgehead atoms. The second-order valence-corrected chi connectivity index (χ2v) is 10.0. The maximum absolute atomic E-state index is 13.3. The Bertz CT molecular complexity index is 918. The molecule has 1 saturated heterocycles. The van der Waals surface area contributed by atoms with E-state index in [2.05, 4.69) is 31.6 Å². The lowest BCUT2D eigenvalue weighted by molar-refractivity contribution is -0.135. The summed E-state index contributed by atoms with van der Waals surface area (Å²) in [6.45, 7) is 6.47. The van der Waals surface area contributed by atoms with Crippen molar-refractivity contribution >= 4 is 41.3 Å². The third-order valence-electron chi connectivity index (χ3n) is 6.12. The lowest BCUT2D eigenvalue weighted by Crippen LogP contribution is -2.58. The van der Waals surface area contributed by atoms with Crippen LogP contribution in [0.2, 0.25) is 0 Å². The largest absolute Gasteiger partial charge is 0.370 e. The fourth-order valence-corrected chi connectivity index (χ4v) is 3.99. The predicted molar refractivity (Wildman–Crippen MR) is 145 cm³/mol. The minimum Gasteiger partial charge on any atom is -0.370 e. The molecule has 220 valence electrons. The molecular weight excluding hydrogens is 508 g/mol. The van der Waals surface area contributed by atoms with E-state index in [0.29, 0.717) is 19.3 Å². The number of Topliss-reactive ketones (excluding diaryl/α,β-unsaturated/α-hetero) is 1. The third-order valence-corrected chi connectivity index (χ3v) is 6.12. The Morgan fingerprint density at radius 3 is 2.03 bits per heavy atom. The zero-order chi connectivity index (χ0) is 29.5. The van der Waals surface area contributed by atoms with Crippen molar-refractivity contribution in [3.63, 3.8) is 0 Å². The van der Waals surface area contributed by atoms with Crippen LogP contribution in [0.3, 0.4) is 0 Å². The summed E-state index contributed by atoms with van der Waals surface area (Å²) >= 11 is 0. The molecule has 0 aromatic carbocycles. The number of guanidine groups is 1. The van der Waals surface area contributed by atoms with E-state index in [4.69, 9.17) is 11.5 Å². The zero-order valence-electron chi connectivity index (χ0n) is 23.3. The number of ketones is 1. The molecular formula is C25H44N8O6. The molecule has 0 saturated carbocycles. The molecule has 0 aromatic rings. The van der Waals surface area contributed by atoms with Gasteiger partial charge in [0.25, 0.3) is 0 Å². The van der Waals surface area contributed by atoms with Gasteiger partial charge < -0.3 is 38.1 Å². The number of nitrogens with one attached hydrogen (secondary N) is 5. The van der Waals surface area contributed by atoms with Crippen LogP contribution in [0.25, 0.3) is 0 Å². The van der Waals surface area contributed by atoms with Crippen LogP contribution in [0.4, 0.5) is 0 Å². The van der Waals surface area contributed by atoms with Gasteiger partial charge in [0.1, 0.15) is 30.0 Å². The van der Waals surface area contributed by atoms with Gasteiger partial charge in [-0.15, -0.1) is 0 Å². The fraction of sp³-hybridized carbons (Fsp3) is 0.720. The van der Waals surface area contributed by atoms with Crippen molar-refractivity contribution in [3.8, 4) is 0 Å². The van der Waals surface area contributed by atoms with Crippen LogP contribution in [-0.2, 0) is 28.8 Å². The van der Waals surface area contributed by atoms with Gasteiger partial charge in [-0.2, -0.15) is 0 Å². The summed E-state index contributed by atoms with van der Waals surface area (Å²) in [6.07, 6.45) is 2.84. The smallest absolute Gasteiger partial charge is 0.243 e. The van der Waals surface area contributed by atoms with Crippen molar-refractivity contribution in [2.75, 3.05) is 13.1 Å². The van der Waals surface area contributed by atoms with Crippen molar-refractivity contribution in [2.45, 2.75) is 96.8 Å². The first-order chi connectivity index (χ1) is 18.3. The number of hydrogen-bond acceptors (Lipinski definition) is 7. The fourth-order valence-electron chi connectivity index (χ4n) is 3.99. The minimum atomic E-state index is -1.24. The third kappa shape index (κ3) is 12.6. The van der Waals surface area contributed by atoms with E-state index < -0.39 is 60.2 Å². The van der Waals surface area contributed by atoms with Gasteiger partial charge in [0, 0.05) is 13.0 Å². The molecule has 5 amide bonds. The maximum atomic E-state index is 13.3. The summed E-state index contributed by atoms with van der Waals surface area (Å²) in [5.74, 6) is -4.04. The minimum absolute atomic E-state index is 0.110. The number of rotatable bonds is 11. The molecule has 0 unspecified atom stereocenters. The quantitative estimate of drug-likeness (QED) is 0.0888. The van der Waals surface area contributed by atoms with Crippen LogP contribution < -0.4 is 38.1 Å². The molecule has 1 rings (SSSR count). The monoisotopic (exact) mass is 552 g/mol. The second-order valence-electron chi connectivity index (χ2n) is 10.0. The van der Waals surface area contributed by atoms with Crippen molar-refractivity contribution < 1.29 is 28.8 Å². The highest BCUT2D eigenvalue weighted by Crippen LogP contribution is 2.10. The molecule has 1 aliphatic heterocycles. The maximum Gasteiger partial charge on any atom is 0.243 e. The normalized spacial score (nSPS) is 23.4. The van der Waals surface area contributed by atoms with E-state index in [1.165, 1.54) is 6.92 Å². The number of unbranched alkanes of at least 4 members (excludes halogenated alkanes) is 2. The molecule has 1 aliphatic rings. The number of carbonyl (C=O) groups excluding carboxylic acids is 6. The van der Waals surface area contributed by atoms with Crippen molar-refractivity contribution in [3.05, 3.63) is 0 Å². The number of nitrogens with two attached hydrogens (primary N) is 2. The number of carbonyl (C=O) groups is 6. The van der Waals surface area contributed by atoms with Crippen LogP contribution in [0, 0.1) is 5.92 Å². The van der Waals surface area contributed by atoms with E-state index in [1.807, 2.05) is 6.92 Å². The Kier molecular flexibility index (Phi) is 14.5. The Labute approximate surface area is 229 Å². The lowest BCUT2D eigenvalue weighted by atomic mass is 10.0. The summed E-state index contributed by atoms with van der Waals surface area (Å²) in [6, 6.07) is -4.29. The first-order valence-corrected chi connectivity index (χ1v) is 13.4. The molecule has 1 heterocycles. The first-order valence-electron chi connectivity index (χ1n) is 13.4. The number of nitrogens with zero attached hydrogens (tertiary/aromatic N) is 1. The lowest BCUT2D eigenvalue weighted by Gasteiger charge is -2.27. The van der Waals surface area contributed by atoms with Crippen LogP contribution in [0.5, 0.6) is 0 Å². The van der Waals surface area contributed by atoms with Crippen LogP contribution >= 0.6 is 0 Å². The standard InChI is InChI=1S/C25H44N8O6/c1-5-6-7-9-17-22(37)33-20(14(2)3)24(39)32-16(10-8-11-28-25(26)27)21(36)29-13-19(35)30-18(12-15(4)34)23(38)31-17/h14,16-18,20H,5-13H2,1-4H3,(H,29,36)(H,30,35)(H,31,38)(H,32,39)(H,33,37)(H4,26,27,28)/t16-,17-,18-,20+/m0/s1. The molecule has 0 aliphatic carbocycles. The van der Waals surface area contributed by atoms with Crippen molar-refractivity contribution in [1.82, 2.24) is 26.6 Å². The van der Waals surface area contributed by atoms with Gasteiger partial charge >= 0.3 is 0 Å². The Morgan fingerprint density at radius 1 is 0.846 bits per heavy atom. The first kappa shape index (κ1) is 33.3. The van der Waals surface area contributed by atoms with Gasteiger partial charge in [0.05, 0.1) is 6.54 Å². The van der Waals surface area contributed by atoms with Gasteiger partial charge in [-0.05, 0) is 32.1 Å². The van der Waals surface area contributed by atoms with E-state index in [0.717, 1.165) is 12.8 Å². The summed E-state index contributed by atoms with van der Waals surface area (Å²) < 4.78 is 0. The second kappa shape index (κ2) is 17.0. The number of amides is 5. The highest BCUT2D eigenvalue weighted by atomic mass is 16.2. The van der Waals surface area contributed by atoms with Gasteiger partial charge in [-0.1, -0.05) is 40.0 Å². The molecule has 0 aromatic heterocycles. The average molecular weight is 553 g/mol. The topological polar surface area (TPSA) is 227 Å². The summed E-state index contributed by atoms with van der Waals surface area (Å²) in [7, 11) is 0. The van der Waals surface area contributed by atoms with E-state index in [1.54, 1.807) is 13.8 Å². The number of aliphatic imine (C=N–C) groups is 1. The highest BCUT2D eigenvalue weighted by molar-refractivity contribution is 5.98. The van der Waals surface area contributed by atoms with E-state index >= 15 is 0 Å². The van der Waals surface area contributed by atoms with Crippen molar-refractivity contribution in [1.29, 1.82) is 0 Å². The van der Waals surface area contributed by atoms with E-state index in [9.17, 15) is 28.8 Å². The molecule has 14 heteroatoms. The average Bonchev–Trinajstić information content (AvgIpc) is 2.85. The molecule has 4 atom stereocenters. The Morgan fingerprint density at radius 2 is 1.44 bits per heavy atom. The van der Waals surface area contributed by atoms with Gasteiger partial charge in [0.2, 0.25) is 29.5 Å². The Balaban J connectivity index is 3.33. The van der Waals surface area contributed by atoms with Gasteiger partial charge in [-0.25, -0.2) is 0 Å². The molecule has 0 radical (unpaired) electrons. The molecule has 0 spiro atoms. The highest BCUT2D eigenvalue weighted by Gasteiger charge is 2.33. The Hall–Kier alpha value is -3.71. The van der Waals surface area contributed by atoms with Crippen LogP contribution in [0.15, 0.2) is 4.99 Å². The van der Waals surface area contributed by atoms with E-state index in [-0.39, 0.29) is 37.0 Å². The molecule has 14 nitrogen and oxygen atoms in total. The zero-order valence-corrected chi connectivity index (χ0v) is 23.3. The van der Waals surface area contributed by atoms with Crippen molar-refractivity contribution in [2.24, 2.45) is 22.4 Å².